The molecular weight excluding hydrogens is 307 g/mol. The minimum atomic E-state index is -0.290. The highest BCUT2D eigenvalue weighted by Crippen LogP contribution is 2.32. The molecule has 0 saturated heterocycles. The molecule has 0 atom stereocenters. The summed E-state index contributed by atoms with van der Waals surface area (Å²) in [6.45, 7) is 0. The second-order valence-corrected chi connectivity index (χ2v) is 5.27. The van der Waals surface area contributed by atoms with Gasteiger partial charge in [0.1, 0.15) is 0 Å². The van der Waals surface area contributed by atoms with Gasteiger partial charge in [0.05, 0.1) is 21.1 Å². The van der Waals surface area contributed by atoms with E-state index < -0.39 is 0 Å². The normalized spacial score (nSPS) is 10.8. The number of phenols is 1. The molecule has 2 N–H and O–H groups in total. The molecule has 0 bridgehead atoms. The highest BCUT2D eigenvalue weighted by Gasteiger charge is 2.06. The van der Waals surface area contributed by atoms with E-state index in [1.54, 1.807) is 17.5 Å². The van der Waals surface area contributed by atoms with Gasteiger partial charge in [0.25, 0.3) is 5.91 Å². The smallest absolute Gasteiger partial charge is 0.281 e. The molecule has 19 heavy (non-hydrogen) atoms. The Morgan fingerprint density at radius 3 is 2.63 bits per heavy atom. The highest BCUT2D eigenvalue weighted by atomic mass is 35.5. The predicted molar refractivity (Wildman–Crippen MR) is 77.5 cm³/mol. The summed E-state index contributed by atoms with van der Waals surface area (Å²) < 4.78 is 0. The number of nitrogens with zero attached hydrogens (tertiary/aromatic N) is 1. The van der Waals surface area contributed by atoms with Crippen LogP contribution in [-0.4, -0.2) is 17.2 Å². The quantitative estimate of drug-likeness (QED) is 0.672. The SMILES string of the molecule is O=C(NN=Cc1cc(Cl)c(O)c(Cl)c1)c1cccs1. The lowest BCUT2D eigenvalue weighted by Gasteiger charge is -2.01. The van der Waals surface area contributed by atoms with Crippen molar-refractivity contribution >= 4 is 46.7 Å². The minimum Gasteiger partial charge on any atom is -0.505 e. The third-order valence-electron chi connectivity index (χ3n) is 2.16. The van der Waals surface area contributed by atoms with Gasteiger partial charge < -0.3 is 5.11 Å². The van der Waals surface area contributed by atoms with Crippen molar-refractivity contribution in [2.45, 2.75) is 0 Å². The first-order valence-corrected chi connectivity index (χ1v) is 6.76. The van der Waals surface area contributed by atoms with Gasteiger partial charge in [-0.3, -0.25) is 4.79 Å². The Labute approximate surface area is 123 Å². The Kier molecular flexibility index (Phi) is 4.42. The average molecular weight is 315 g/mol. The van der Waals surface area contributed by atoms with Gasteiger partial charge in [-0.15, -0.1) is 11.3 Å². The largest absolute Gasteiger partial charge is 0.505 e. The molecule has 1 aromatic heterocycles. The van der Waals surface area contributed by atoms with E-state index in [1.807, 2.05) is 0 Å². The topological polar surface area (TPSA) is 61.7 Å². The molecule has 2 aromatic rings. The molecule has 0 spiro atoms. The summed E-state index contributed by atoms with van der Waals surface area (Å²) in [7, 11) is 0. The van der Waals surface area contributed by atoms with Gasteiger partial charge in [0.15, 0.2) is 5.75 Å². The first kappa shape index (κ1) is 13.9. The zero-order valence-electron chi connectivity index (χ0n) is 9.43. The molecule has 7 heteroatoms. The van der Waals surface area contributed by atoms with Gasteiger partial charge in [0.2, 0.25) is 0 Å². The van der Waals surface area contributed by atoms with Gasteiger partial charge in [-0.1, -0.05) is 29.3 Å². The Morgan fingerprint density at radius 2 is 2.05 bits per heavy atom. The van der Waals surface area contributed by atoms with Gasteiger partial charge in [-0.25, -0.2) is 5.43 Å². The summed E-state index contributed by atoms with van der Waals surface area (Å²) in [4.78, 5) is 12.1. The van der Waals surface area contributed by atoms with Gasteiger partial charge in [-0.2, -0.15) is 5.10 Å². The van der Waals surface area contributed by atoms with Crippen molar-refractivity contribution in [2.75, 3.05) is 0 Å². The lowest BCUT2D eigenvalue weighted by Crippen LogP contribution is -2.16. The number of hydrogen-bond donors (Lipinski definition) is 2. The average Bonchev–Trinajstić information content (AvgIpc) is 2.89. The molecule has 1 amide bonds. The van der Waals surface area contributed by atoms with Crippen LogP contribution in [0.1, 0.15) is 15.2 Å². The zero-order valence-corrected chi connectivity index (χ0v) is 11.8. The maximum absolute atomic E-state index is 11.6. The highest BCUT2D eigenvalue weighted by molar-refractivity contribution is 7.12. The Bertz CT molecular complexity index is 604. The molecule has 0 saturated carbocycles. The van der Waals surface area contributed by atoms with Gasteiger partial charge >= 0.3 is 0 Å². The summed E-state index contributed by atoms with van der Waals surface area (Å²) in [6, 6.07) is 6.46. The van der Waals surface area contributed by atoms with E-state index >= 15 is 0 Å². The number of nitrogens with one attached hydrogen (secondary N) is 1. The van der Waals surface area contributed by atoms with Gasteiger partial charge in [-0.05, 0) is 29.1 Å². The number of carbonyl (C=O) groups is 1. The van der Waals surface area contributed by atoms with Crippen LogP contribution in [0, 0.1) is 0 Å². The van der Waals surface area contributed by atoms with Crippen molar-refractivity contribution in [3.63, 3.8) is 0 Å². The van der Waals surface area contributed by atoms with Crippen LogP contribution in [0.25, 0.3) is 0 Å². The molecular formula is C12H8Cl2N2O2S. The fourth-order valence-corrected chi connectivity index (χ4v) is 2.41. The molecule has 0 unspecified atom stereocenters. The van der Waals surface area contributed by atoms with Crippen LogP contribution >= 0.6 is 34.5 Å². The van der Waals surface area contributed by atoms with Crippen molar-refractivity contribution in [1.82, 2.24) is 5.43 Å². The molecule has 2 rings (SSSR count). The fraction of sp³-hybridized carbons (Fsp3) is 0. The van der Waals surface area contributed by atoms with Crippen LogP contribution in [0.5, 0.6) is 5.75 Å². The van der Waals surface area contributed by atoms with E-state index in [1.165, 1.54) is 29.7 Å². The number of amides is 1. The van der Waals surface area contributed by atoms with E-state index in [0.29, 0.717) is 10.4 Å². The Hall–Kier alpha value is -1.56. The number of carbonyl (C=O) groups excluding carboxylic acids is 1. The summed E-state index contributed by atoms with van der Waals surface area (Å²) >= 11 is 12.8. The van der Waals surface area contributed by atoms with Crippen LogP contribution in [0.3, 0.4) is 0 Å². The molecule has 0 aliphatic carbocycles. The number of halogens is 2. The molecule has 0 radical (unpaired) electrons. The summed E-state index contributed by atoms with van der Waals surface area (Å²) in [5.74, 6) is -0.467. The van der Waals surface area contributed by atoms with Crippen LogP contribution in [0.4, 0.5) is 0 Å². The first-order valence-electron chi connectivity index (χ1n) is 5.13. The molecule has 0 aliphatic heterocycles. The van der Waals surface area contributed by atoms with Gasteiger partial charge in [0, 0.05) is 0 Å². The first-order chi connectivity index (χ1) is 9.08. The second kappa shape index (κ2) is 6.06. The summed E-state index contributed by atoms with van der Waals surface area (Å²) in [5, 5.41) is 15.2. The third kappa shape index (κ3) is 3.47. The fourth-order valence-electron chi connectivity index (χ4n) is 1.29. The maximum Gasteiger partial charge on any atom is 0.281 e. The standard InChI is InChI=1S/C12H8Cl2N2O2S/c13-8-4-7(5-9(14)11(8)17)6-15-16-12(18)10-2-1-3-19-10/h1-6,17H,(H,16,18). The van der Waals surface area contributed by atoms with Crippen molar-refractivity contribution in [3.8, 4) is 5.75 Å². The number of phenolic OH excluding ortho intramolecular Hbond substituents is 1. The molecule has 4 nitrogen and oxygen atoms in total. The summed E-state index contributed by atoms with van der Waals surface area (Å²) in [5.41, 5.74) is 2.95. The van der Waals surface area contributed by atoms with E-state index in [4.69, 9.17) is 23.2 Å². The van der Waals surface area contributed by atoms with E-state index in [2.05, 4.69) is 10.5 Å². The Morgan fingerprint density at radius 1 is 1.37 bits per heavy atom. The lowest BCUT2D eigenvalue weighted by atomic mass is 10.2. The molecule has 1 aromatic carbocycles. The molecule has 1 heterocycles. The number of aromatic hydroxyl groups is 1. The van der Waals surface area contributed by atoms with Crippen LogP contribution < -0.4 is 5.43 Å². The van der Waals surface area contributed by atoms with Crippen molar-refractivity contribution in [3.05, 3.63) is 50.1 Å². The van der Waals surface area contributed by atoms with Crippen LogP contribution in [0.2, 0.25) is 10.0 Å². The predicted octanol–water partition coefficient (Wildman–Crippen LogP) is 3.52. The molecule has 98 valence electrons. The number of rotatable bonds is 3. The Balaban J connectivity index is 2.05. The lowest BCUT2D eigenvalue weighted by molar-refractivity contribution is 0.0959. The minimum absolute atomic E-state index is 0.124. The van der Waals surface area contributed by atoms with Crippen molar-refractivity contribution < 1.29 is 9.90 Å². The monoisotopic (exact) mass is 314 g/mol. The van der Waals surface area contributed by atoms with Crippen LogP contribution in [0.15, 0.2) is 34.7 Å². The van der Waals surface area contributed by atoms with Crippen molar-refractivity contribution in [1.29, 1.82) is 0 Å². The van der Waals surface area contributed by atoms with Crippen LogP contribution in [-0.2, 0) is 0 Å². The third-order valence-corrected chi connectivity index (χ3v) is 3.61. The molecule has 0 fully saturated rings. The number of hydrazone groups is 1. The van der Waals surface area contributed by atoms with E-state index in [0.717, 1.165) is 0 Å². The number of benzene rings is 1. The maximum atomic E-state index is 11.6. The van der Waals surface area contributed by atoms with Crippen molar-refractivity contribution in [2.24, 2.45) is 5.10 Å². The van der Waals surface area contributed by atoms with E-state index in [9.17, 15) is 9.90 Å². The van der Waals surface area contributed by atoms with E-state index in [-0.39, 0.29) is 21.7 Å². The summed E-state index contributed by atoms with van der Waals surface area (Å²) in [6.07, 6.45) is 1.39. The molecule has 0 aliphatic rings. The zero-order chi connectivity index (χ0) is 13.8. The number of thiophene rings is 1. The second-order valence-electron chi connectivity index (χ2n) is 3.51. The number of hydrogen-bond acceptors (Lipinski definition) is 4.